The van der Waals surface area contributed by atoms with Gasteiger partial charge in [0.05, 0.1) is 7.11 Å². The summed E-state index contributed by atoms with van der Waals surface area (Å²) in [7, 11) is 1.39. The molecule has 1 aromatic carbocycles. The van der Waals surface area contributed by atoms with Crippen molar-refractivity contribution in [2.24, 2.45) is 11.8 Å². The first-order chi connectivity index (χ1) is 7.88. The van der Waals surface area contributed by atoms with Crippen LogP contribution in [-0.2, 0) is 0 Å². The van der Waals surface area contributed by atoms with Crippen LogP contribution < -0.4 is 4.74 Å². The highest BCUT2D eigenvalue weighted by Crippen LogP contribution is 2.38. The van der Waals surface area contributed by atoms with Gasteiger partial charge in [0.25, 0.3) is 0 Å². The summed E-state index contributed by atoms with van der Waals surface area (Å²) in [4.78, 5) is -0.339. The molecule has 0 aliphatic carbocycles. The quantitative estimate of drug-likeness (QED) is 0.733. The van der Waals surface area contributed by atoms with E-state index in [9.17, 15) is 8.78 Å². The maximum Gasteiger partial charge on any atom is 0.134 e. The first-order valence-corrected chi connectivity index (χ1v) is 6.47. The summed E-state index contributed by atoms with van der Waals surface area (Å²) in [5.41, 5.74) is 0.0759. The Labute approximate surface area is 109 Å². The number of halogens is 3. The van der Waals surface area contributed by atoms with Gasteiger partial charge in [0.15, 0.2) is 0 Å². The van der Waals surface area contributed by atoms with E-state index in [0.29, 0.717) is 5.92 Å². The Morgan fingerprint density at radius 2 is 1.59 bits per heavy atom. The second-order valence-electron chi connectivity index (χ2n) is 4.51. The number of hydrogen-bond donors (Lipinski definition) is 0. The molecule has 0 spiro atoms. The summed E-state index contributed by atoms with van der Waals surface area (Å²) in [6.45, 7) is 6.02. The summed E-state index contributed by atoms with van der Waals surface area (Å²) in [6.07, 6.45) is 0. The predicted octanol–water partition coefficient (Wildman–Crippen LogP) is 4.70. The second kappa shape index (κ2) is 5.80. The highest BCUT2D eigenvalue weighted by Gasteiger charge is 2.25. The molecule has 96 valence electrons. The van der Waals surface area contributed by atoms with E-state index in [-0.39, 0.29) is 22.1 Å². The lowest BCUT2D eigenvalue weighted by molar-refractivity contribution is 0.388. The van der Waals surface area contributed by atoms with E-state index in [4.69, 9.17) is 4.74 Å². The van der Waals surface area contributed by atoms with Crippen molar-refractivity contribution in [1.82, 2.24) is 0 Å². The van der Waals surface area contributed by atoms with Crippen LogP contribution in [0.3, 0.4) is 0 Å². The number of benzene rings is 1. The molecular weight excluding hydrogens is 290 g/mol. The van der Waals surface area contributed by atoms with Gasteiger partial charge in [-0.05, 0) is 11.8 Å². The van der Waals surface area contributed by atoms with Gasteiger partial charge in [0.2, 0.25) is 0 Å². The molecule has 0 saturated heterocycles. The first kappa shape index (κ1) is 14.4. The monoisotopic (exact) mass is 306 g/mol. The molecule has 0 aliphatic heterocycles. The zero-order valence-corrected chi connectivity index (χ0v) is 12.0. The molecule has 17 heavy (non-hydrogen) atoms. The van der Waals surface area contributed by atoms with Crippen molar-refractivity contribution in [3.05, 3.63) is 29.3 Å². The van der Waals surface area contributed by atoms with Crippen LogP contribution in [0, 0.1) is 23.5 Å². The van der Waals surface area contributed by atoms with Crippen molar-refractivity contribution in [3.8, 4) is 5.75 Å². The highest BCUT2D eigenvalue weighted by molar-refractivity contribution is 9.09. The van der Waals surface area contributed by atoms with Crippen LogP contribution in [0.5, 0.6) is 5.75 Å². The molecule has 0 N–H and O–H groups in total. The van der Waals surface area contributed by atoms with Crippen molar-refractivity contribution in [2.45, 2.75) is 25.6 Å². The number of ether oxygens (including phenoxy) is 1. The lowest BCUT2D eigenvalue weighted by Gasteiger charge is -2.23. The standard InChI is InChI=1S/C13H17BrF2O/c1-7(2)8(3)13(14)12-10(15)5-9(17-4)6-11(12)16/h5-8,13H,1-4H3. The van der Waals surface area contributed by atoms with Crippen LogP contribution in [0.25, 0.3) is 0 Å². The molecular formula is C13H17BrF2O. The van der Waals surface area contributed by atoms with Gasteiger partial charge < -0.3 is 4.74 Å². The molecule has 0 fully saturated rings. The molecule has 0 amide bonds. The van der Waals surface area contributed by atoms with Crippen LogP contribution in [0.1, 0.15) is 31.2 Å². The molecule has 0 aromatic heterocycles. The maximum absolute atomic E-state index is 13.8. The average molecular weight is 307 g/mol. The van der Waals surface area contributed by atoms with E-state index in [1.165, 1.54) is 19.2 Å². The Balaban J connectivity index is 3.14. The summed E-state index contributed by atoms with van der Waals surface area (Å²) >= 11 is 3.38. The Morgan fingerprint density at radius 3 is 1.94 bits per heavy atom. The van der Waals surface area contributed by atoms with Crippen LogP contribution >= 0.6 is 15.9 Å². The molecule has 4 heteroatoms. The Bertz CT molecular complexity index is 370. The minimum atomic E-state index is -0.573. The van der Waals surface area contributed by atoms with E-state index in [2.05, 4.69) is 15.9 Å². The van der Waals surface area contributed by atoms with Gasteiger partial charge in [0, 0.05) is 22.5 Å². The van der Waals surface area contributed by atoms with Crippen LogP contribution in [-0.4, -0.2) is 7.11 Å². The van der Waals surface area contributed by atoms with E-state index in [1.807, 2.05) is 20.8 Å². The summed E-state index contributed by atoms with van der Waals surface area (Å²) < 4.78 is 32.5. The fourth-order valence-electron chi connectivity index (χ4n) is 1.54. The predicted molar refractivity (Wildman–Crippen MR) is 68.6 cm³/mol. The van der Waals surface area contributed by atoms with Gasteiger partial charge >= 0.3 is 0 Å². The average Bonchev–Trinajstić information content (AvgIpc) is 2.26. The van der Waals surface area contributed by atoms with Crippen LogP contribution in [0.2, 0.25) is 0 Å². The Hall–Kier alpha value is -0.640. The molecule has 0 bridgehead atoms. The second-order valence-corrected chi connectivity index (χ2v) is 5.50. The zero-order chi connectivity index (χ0) is 13.2. The fourth-order valence-corrected chi connectivity index (χ4v) is 2.59. The van der Waals surface area contributed by atoms with E-state index < -0.39 is 11.6 Å². The lowest BCUT2D eigenvalue weighted by Crippen LogP contribution is -2.13. The molecule has 1 nitrogen and oxygen atoms in total. The molecule has 0 aliphatic rings. The Morgan fingerprint density at radius 1 is 1.12 bits per heavy atom. The van der Waals surface area contributed by atoms with Gasteiger partial charge in [-0.3, -0.25) is 0 Å². The van der Waals surface area contributed by atoms with Gasteiger partial charge in [-0.15, -0.1) is 0 Å². The summed E-state index contributed by atoms with van der Waals surface area (Å²) in [5, 5.41) is 0. The SMILES string of the molecule is COc1cc(F)c(C(Br)C(C)C(C)C)c(F)c1. The molecule has 2 atom stereocenters. The van der Waals surface area contributed by atoms with Crippen LogP contribution in [0.4, 0.5) is 8.78 Å². The molecule has 2 unspecified atom stereocenters. The van der Waals surface area contributed by atoms with Crippen molar-refractivity contribution in [3.63, 3.8) is 0 Å². The zero-order valence-electron chi connectivity index (χ0n) is 10.4. The summed E-state index contributed by atoms with van der Waals surface area (Å²) in [6, 6.07) is 2.42. The molecule has 1 aromatic rings. The van der Waals surface area contributed by atoms with Gasteiger partial charge in [-0.1, -0.05) is 36.7 Å². The van der Waals surface area contributed by atoms with Gasteiger partial charge in [-0.2, -0.15) is 0 Å². The van der Waals surface area contributed by atoms with E-state index >= 15 is 0 Å². The first-order valence-electron chi connectivity index (χ1n) is 5.55. The van der Waals surface area contributed by atoms with E-state index in [0.717, 1.165) is 0 Å². The molecule has 0 radical (unpaired) electrons. The topological polar surface area (TPSA) is 9.23 Å². The minimum absolute atomic E-state index is 0.0759. The number of hydrogen-bond acceptors (Lipinski definition) is 1. The maximum atomic E-state index is 13.8. The van der Waals surface area contributed by atoms with Gasteiger partial charge in [0.1, 0.15) is 17.4 Å². The third kappa shape index (κ3) is 3.18. The third-order valence-corrected chi connectivity index (χ3v) is 4.37. The Kier molecular flexibility index (Phi) is 4.92. The minimum Gasteiger partial charge on any atom is -0.497 e. The van der Waals surface area contributed by atoms with Crippen molar-refractivity contribution in [2.75, 3.05) is 7.11 Å². The molecule has 0 saturated carbocycles. The summed E-state index contributed by atoms with van der Waals surface area (Å²) in [5.74, 6) is -0.485. The van der Waals surface area contributed by atoms with Crippen molar-refractivity contribution in [1.29, 1.82) is 0 Å². The molecule has 1 rings (SSSR count). The third-order valence-electron chi connectivity index (χ3n) is 3.08. The smallest absolute Gasteiger partial charge is 0.134 e. The lowest BCUT2D eigenvalue weighted by atomic mass is 9.90. The number of methoxy groups -OCH3 is 1. The number of rotatable bonds is 4. The molecule has 0 heterocycles. The fraction of sp³-hybridized carbons (Fsp3) is 0.538. The van der Waals surface area contributed by atoms with Crippen molar-refractivity contribution < 1.29 is 13.5 Å². The van der Waals surface area contributed by atoms with Crippen molar-refractivity contribution >= 4 is 15.9 Å². The van der Waals surface area contributed by atoms with E-state index in [1.54, 1.807) is 0 Å². The van der Waals surface area contributed by atoms with Gasteiger partial charge in [-0.25, -0.2) is 8.78 Å². The van der Waals surface area contributed by atoms with Crippen LogP contribution in [0.15, 0.2) is 12.1 Å². The number of alkyl halides is 1. The normalized spacial score (nSPS) is 14.8. The highest BCUT2D eigenvalue weighted by atomic mass is 79.9. The largest absolute Gasteiger partial charge is 0.497 e.